The highest BCUT2D eigenvalue weighted by Gasteiger charge is 2.09. The van der Waals surface area contributed by atoms with Gasteiger partial charge in [0.25, 0.3) is 0 Å². The van der Waals surface area contributed by atoms with Crippen LogP contribution in [-0.2, 0) is 11.3 Å². The fourth-order valence-corrected chi connectivity index (χ4v) is 2.40. The molecule has 0 aliphatic heterocycles. The predicted octanol–water partition coefficient (Wildman–Crippen LogP) is 3.66. The summed E-state index contributed by atoms with van der Waals surface area (Å²) in [5.41, 5.74) is 1.58. The molecule has 110 valence electrons. The molecule has 0 fully saturated rings. The van der Waals surface area contributed by atoms with Crippen molar-refractivity contribution in [2.75, 3.05) is 18.9 Å². The molecule has 1 N–H and O–H groups in total. The summed E-state index contributed by atoms with van der Waals surface area (Å²) in [4.78, 5) is 13.8. The lowest BCUT2D eigenvalue weighted by atomic mass is 10.2. The first kappa shape index (κ1) is 15.7. The molecule has 2 rings (SSSR count). The summed E-state index contributed by atoms with van der Waals surface area (Å²) in [5.74, 6) is -0.537. The average Bonchev–Trinajstić information content (AvgIpc) is 2.41. The van der Waals surface area contributed by atoms with Crippen molar-refractivity contribution < 1.29 is 9.18 Å². The molecule has 0 radical (unpaired) electrons. The van der Waals surface area contributed by atoms with Crippen LogP contribution in [0.15, 0.2) is 53.0 Å². The number of benzene rings is 2. The van der Waals surface area contributed by atoms with Crippen LogP contribution in [0.2, 0.25) is 0 Å². The fourth-order valence-electron chi connectivity index (χ4n) is 1.99. The molecule has 0 spiro atoms. The molecular weight excluding hydrogens is 335 g/mol. The first-order valence-electron chi connectivity index (χ1n) is 6.52. The molecule has 2 aromatic carbocycles. The molecule has 0 aromatic heterocycles. The van der Waals surface area contributed by atoms with Gasteiger partial charge in [-0.25, -0.2) is 4.39 Å². The van der Waals surface area contributed by atoms with Crippen LogP contribution in [-0.4, -0.2) is 24.4 Å². The van der Waals surface area contributed by atoms with Crippen molar-refractivity contribution in [3.05, 3.63) is 64.4 Å². The van der Waals surface area contributed by atoms with Crippen LogP contribution in [0.25, 0.3) is 0 Å². The Hall–Kier alpha value is -1.72. The summed E-state index contributed by atoms with van der Waals surface area (Å²) in [6.45, 7) is 0.885. The van der Waals surface area contributed by atoms with E-state index in [0.717, 1.165) is 10.0 Å². The van der Waals surface area contributed by atoms with Crippen LogP contribution in [0, 0.1) is 5.82 Å². The van der Waals surface area contributed by atoms with Gasteiger partial charge in [0.2, 0.25) is 5.91 Å². The largest absolute Gasteiger partial charge is 0.325 e. The minimum absolute atomic E-state index is 0.171. The van der Waals surface area contributed by atoms with Gasteiger partial charge in [0.05, 0.1) is 6.54 Å². The lowest BCUT2D eigenvalue weighted by Gasteiger charge is -2.17. The Labute approximate surface area is 131 Å². The van der Waals surface area contributed by atoms with Gasteiger partial charge in [0.1, 0.15) is 5.82 Å². The van der Waals surface area contributed by atoms with Crippen LogP contribution < -0.4 is 5.32 Å². The van der Waals surface area contributed by atoms with Crippen molar-refractivity contribution in [3.63, 3.8) is 0 Å². The Morgan fingerprint density at radius 3 is 2.71 bits per heavy atom. The lowest BCUT2D eigenvalue weighted by Crippen LogP contribution is -2.29. The first-order chi connectivity index (χ1) is 10.0. The number of carbonyl (C=O) groups is 1. The molecule has 0 saturated heterocycles. The van der Waals surface area contributed by atoms with Gasteiger partial charge < -0.3 is 5.32 Å². The summed E-state index contributed by atoms with van der Waals surface area (Å²) in [6.07, 6.45) is 0. The standard InChI is InChI=1S/C16H16BrFN2O/c1-20(10-12-5-2-3-8-15(12)17)11-16(21)19-14-7-4-6-13(18)9-14/h2-9H,10-11H2,1H3,(H,19,21). The predicted molar refractivity (Wildman–Crippen MR) is 85.5 cm³/mol. The second kappa shape index (κ2) is 7.33. The molecule has 0 aliphatic rings. The van der Waals surface area contributed by atoms with Gasteiger partial charge in [0, 0.05) is 16.7 Å². The second-order valence-corrected chi connectivity index (χ2v) is 5.68. The van der Waals surface area contributed by atoms with E-state index in [1.54, 1.807) is 12.1 Å². The van der Waals surface area contributed by atoms with E-state index in [9.17, 15) is 9.18 Å². The first-order valence-corrected chi connectivity index (χ1v) is 7.31. The molecular formula is C16H16BrFN2O. The van der Waals surface area contributed by atoms with Crippen LogP contribution in [0.5, 0.6) is 0 Å². The average molecular weight is 351 g/mol. The van der Waals surface area contributed by atoms with E-state index in [1.165, 1.54) is 12.1 Å². The minimum Gasteiger partial charge on any atom is -0.325 e. The smallest absolute Gasteiger partial charge is 0.238 e. The highest BCUT2D eigenvalue weighted by molar-refractivity contribution is 9.10. The van der Waals surface area contributed by atoms with Crippen molar-refractivity contribution in [1.29, 1.82) is 0 Å². The van der Waals surface area contributed by atoms with E-state index in [2.05, 4.69) is 21.2 Å². The van der Waals surface area contributed by atoms with E-state index < -0.39 is 0 Å². The zero-order chi connectivity index (χ0) is 15.2. The molecule has 0 bridgehead atoms. The number of rotatable bonds is 5. The molecule has 0 aliphatic carbocycles. The zero-order valence-electron chi connectivity index (χ0n) is 11.6. The Morgan fingerprint density at radius 1 is 1.24 bits per heavy atom. The fraction of sp³-hybridized carbons (Fsp3) is 0.188. The van der Waals surface area contributed by atoms with Gasteiger partial charge in [0.15, 0.2) is 0 Å². The maximum absolute atomic E-state index is 13.0. The van der Waals surface area contributed by atoms with Crippen molar-refractivity contribution >= 4 is 27.5 Å². The maximum Gasteiger partial charge on any atom is 0.238 e. The topological polar surface area (TPSA) is 32.3 Å². The third-order valence-corrected chi connectivity index (χ3v) is 3.69. The number of hydrogen-bond donors (Lipinski definition) is 1. The van der Waals surface area contributed by atoms with E-state index in [-0.39, 0.29) is 18.3 Å². The van der Waals surface area contributed by atoms with E-state index >= 15 is 0 Å². The molecule has 2 aromatic rings. The van der Waals surface area contributed by atoms with Gasteiger partial charge in [-0.05, 0) is 36.9 Å². The monoisotopic (exact) mass is 350 g/mol. The Morgan fingerprint density at radius 2 is 2.00 bits per heavy atom. The molecule has 3 nitrogen and oxygen atoms in total. The van der Waals surface area contributed by atoms with Gasteiger partial charge >= 0.3 is 0 Å². The number of amides is 1. The van der Waals surface area contributed by atoms with Gasteiger partial charge in [-0.3, -0.25) is 9.69 Å². The molecule has 0 saturated carbocycles. The van der Waals surface area contributed by atoms with Crippen LogP contribution in [0.1, 0.15) is 5.56 Å². The second-order valence-electron chi connectivity index (χ2n) is 4.82. The summed E-state index contributed by atoms with van der Waals surface area (Å²) < 4.78 is 14.1. The van der Waals surface area contributed by atoms with Crippen molar-refractivity contribution in [3.8, 4) is 0 Å². The minimum atomic E-state index is -0.366. The number of likely N-dealkylation sites (N-methyl/N-ethyl adjacent to an activating group) is 1. The number of anilines is 1. The molecule has 0 unspecified atom stereocenters. The summed E-state index contributed by atoms with van der Waals surface area (Å²) in [5, 5.41) is 2.68. The van der Waals surface area contributed by atoms with E-state index in [1.807, 2.05) is 36.2 Å². The number of carbonyl (C=O) groups excluding carboxylic acids is 1. The van der Waals surface area contributed by atoms with E-state index in [0.29, 0.717) is 12.2 Å². The van der Waals surface area contributed by atoms with Gasteiger partial charge in [-0.1, -0.05) is 40.2 Å². The van der Waals surface area contributed by atoms with Gasteiger partial charge in [-0.2, -0.15) is 0 Å². The summed E-state index contributed by atoms with van der Waals surface area (Å²) >= 11 is 3.48. The third-order valence-electron chi connectivity index (χ3n) is 2.92. The Bertz CT molecular complexity index is 633. The van der Waals surface area contributed by atoms with Gasteiger partial charge in [-0.15, -0.1) is 0 Å². The molecule has 0 heterocycles. The lowest BCUT2D eigenvalue weighted by molar-refractivity contribution is -0.117. The Kier molecular flexibility index (Phi) is 5.47. The highest BCUT2D eigenvalue weighted by Crippen LogP contribution is 2.17. The van der Waals surface area contributed by atoms with Crippen molar-refractivity contribution in [1.82, 2.24) is 4.90 Å². The molecule has 1 amide bonds. The number of nitrogens with one attached hydrogen (secondary N) is 1. The van der Waals surface area contributed by atoms with Crippen LogP contribution in [0.4, 0.5) is 10.1 Å². The third kappa shape index (κ3) is 4.95. The van der Waals surface area contributed by atoms with Crippen molar-refractivity contribution in [2.45, 2.75) is 6.54 Å². The normalized spacial score (nSPS) is 10.7. The quantitative estimate of drug-likeness (QED) is 0.892. The number of hydrogen-bond acceptors (Lipinski definition) is 2. The highest BCUT2D eigenvalue weighted by atomic mass is 79.9. The SMILES string of the molecule is CN(CC(=O)Nc1cccc(F)c1)Cc1ccccc1Br. The van der Waals surface area contributed by atoms with Crippen LogP contribution >= 0.6 is 15.9 Å². The van der Waals surface area contributed by atoms with E-state index in [4.69, 9.17) is 0 Å². The summed E-state index contributed by atoms with van der Waals surface area (Å²) in [7, 11) is 1.87. The zero-order valence-corrected chi connectivity index (χ0v) is 13.2. The number of halogens is 2. The molecule has 0 atom stereocenters. The maximum atomic E-state index is 13.0. The van der Waals surface area contributed by atoms with Crippen molar-refractivity contribution in [2.24, 2.45) is 0 Å². The summed E-state index contributed by atoms with van der Waals surface area (Å²) in [6, 6.07) is 13.7. The molecule has 21 heavy (non-hydrogen) atoms. The van der Waals surface area contributed by atoms with Crippen LogP contribution in [0.3, 0.4) is 0 Å². The molecule has 5 heteroatoms. The number of nitrogens with zero attached hydrogens (tertiary/aromatic N) is 1. The Balaban J connectivity index is 1.89.